The number of carboxylic acid groups (broad SMARTS) is 1. The van der Waals surface area contributed by atoms with E-state index in [1.54, 1.807) is 41.5 Å². The second kappa shape index (κ2) is 28.2. The summed E-state index contributed by atoms with van der Waals surface area (Å²) in [7, 11) is -8.58. The Hall–Kier alpha value is -7.67. The minimum Gasteiger partial charge on any atom is -0.487 e. The zero-order chi connectivity index (χ0) is 67.1. The highest BCUT2D eigenvalue weighted by Gasteiger charge is 2.45. The maximum absolute atomic E-state index is 14.8. The fourth-order valence-corrected chi connectivity index (χ4v) is 13.2. The molecule has 2 heterocycles. The first-order chi connectivity index (χ1) is 40.3. The van der Waals surface area contributed by atoms with Gasteiger partial charge in [0.15, 0.2) is 11.3 Å². The molecule has 0 saturated carbocycles. The second-order valence-electron chi connectivity index (χ2n) is 24.6. The molecule has 88 heavy (non-hydrogen) atoms. The number of benzene rings is 2. The number of rotatable bonds is 27. The molecule has 5 amide bonds. The summed E-state index contributed by atoms with van der Waals surface area (Å²) in [5.41, 5.74) is 13.1. The maximum atomic E-state index is 14.8. The van der Waals surface area contributed by atoms with Crippen molar-refractivity contribution in [2.24, 2.45) is 21.5 Å². The normalized spacial score (nSPS) is 16.9. The van der Waals surface area contributed by atoms with Crippen LogP contribution in [0.1, 0.15) is 153 Å². The van der Waals surface area contributed by atoms with Crippen molar-refractivity contribution in [1.29, 1.82) is 0 Å². The van der Waals surface area contributed by atoms with Crippen LogP contribution in [0.15, 0.2) is 19.8 Å². The molecule has 28 nitrogen and oxygen atoms in total. The van der Waals surface area contributed by atoms with Crippen LogP contribution in [0.5, 0.6) is 11.5 Å². The third kappa shape index (κ3) is 18.0. The average Bonchev–Trinajstić information content (AvgIpc) is 1.51. The van der Waals surface area contributed by atoms with Crippen molar-refractivity contribution in [2.75, 3.05) is 13.1 Å². The number of fused-ring (bicyclic) bond motifs is 2. The zero-order valence-electron chi connectivity index (χ0n) is 53.1. The van der Waals surface area contributed by atoms with Gasteiger partial charge in [-0.05, 0) is 177 Å². The van der Waals surface area contributed by atoms with Crippen LogP contribution in [0.4, 0.5) is 4.48 Å². The number of nitrogens with two attached hydrogens (primary N) is 2. The summed E-state index contributed by atoms with van der Waals surface area (Å²) in [5.74, 6) is -8.83. The first kappa shape index (κ1) is 72.8. The number of esters is 1. The number of carbonyl (C=O) groups is 8. The molecule has 2 aromatic rings. The quantitative estimate of drug-likeness (QED) is 0.0151. The number of hydrogen-bond donors (Lipinski definition) is 11. The van der Waals surface area contributed by atoms with Crippen LogP contribution in [-0.2, 0) is 76.0 Å². The van der Waals surface area contributed by atoms with Crippen LogP contribution in [-0.4, -0.2) is 147 Å². The molecule has 0 bridgehead atoms. The highest BCUT2D eigenvalue weighted by molar-refractivity contribution is 7.90. The molecule has 6 atom stereocenters. The number of guanidine groups is 2. The van der Waals surface area contributed by atoms with Crippen molar-refractivity contribution in [1.82, 2.24) is 41.6 Å². The van der Waals surface area contributed by atoms with Gasteiger partial charge in [-0.1, -0.05) is 0 Å². The molecule has 4 rings (SSSR count). The van der Waals surface area contributed by atoms with Crippen molar-refractivity contribution in [2.45, 2.75) is 225 Å². The Bertz CT molecular complexity index is 3400. The van der Waals surface area contributed by atoms with Gasteiger partial charge in [-0.25, -0.2) is 26.3 Å². The van der Waals surface area contributed by atoms with E-state index >= 15 is 0 Å². The fraction of sp³-hybridized carbons (Fsp3) is 0.614. The van der Waals surface area contributed by atoms with E-state index in [1.165, 1.54) is 40.2 Å². The molecule has 0 aliphatic carbocycles. The van der Waals surface area contributed by atoms with Gasteiger partial charge >= 0.3 is 11.9 Å². The van der Waals surface area contributed by atoms with E-state index in [0.29, 0.717) is 57.7 Å². The van der Waals surface area contributed by atoms with Gasteiger partial charge in [-0.2, -0.15) is 0 Å². The van der Waals surface area contributed by atoms with Crippen LogP contribution in [0.3, 0.4) is 0 Å². The Morgan fingerprint density at radius 2 is 1.03 bits per heavy atom. The Labute approximate surface area is 513 Å². The number of hydrogen-bond acceptors (Lipinski definition) is 18. The molecule has 31 heteroatoms. The molecule has 2 aliphatic rings. The lowest BCUT2D eigenvalue weighted by molar-refractivity contribution is -0.157. The molecule has 0 spiro atoms. The van der Waals surface area contributed by atoms with Gasteiger partial charge in [0.05, 0.1) is 16.2 Å². The number of aliphatic imine (C=N–C) groups is 2. The van der Waals surface area contributed by atoms with Gasteiger partial charge in [-0.15, -0.1) is 10.0 Å². The molecular weight excluding hydrogens is 1190 g/mol. The molecule has 0 radical (unpaired) electrons. The zero-order valence-corrected chi connectivity index (χ0v) is 54.7. The Morgan fingerprint density at radius 3 is 1.45 bits per heavy atom. The van der Waals surface area contributed by atoms with Crippen LogP contribution < -0.4 is 62.5 Å². The van der Waals surface area contributed by atoms with Gasteiger partial charge < -0.3 is 57.4 Å². The standard InChI is InChI=1S/C57H87FN12O16S2/c1-27-29(3)44(31(5)37-25-55(14,15)85-42(27)37)87(80,81)68-52(59)61-22-18-20-39(48(75)64-35(9)50(77)78)66-46(73)33(7)63-49(76)40(24-41(72)84-54(11,12)13)67-47(74)34(8)65-51(79)57(70-58,36(10)71)21-19-23-62-53(60)69-88(82,83)45-30(4)28(2)43-38(32(45)6)26-56(16,17)86-43/h33-35,39-40,70H,18-26H2,1-17H3,(H,63,76)(H,64,75)(H,65,79)(H,66,73)(H,67,74)(H,77,78)(H3,59,61,68)(H3,60,62,69)/t33-,34-,35-,39-,40-,57+/m0/s1. The van der Waals surface area contributed by atoms with Crippen molar-refractivity contribution in [3.05, 3.63) is 44.5 Å². The summed E-state index contributed by atoms with van der Waals surface area (Å²) in [5, 5.41) is 21.1. The molecule has 0 aromatic heterocycles. The van der Waals surface area contributed by atoms with Crippen molar-refractivity contribution in [3.8, 4) is 11.5 Å². The number of amides is 5. The van der Waals surface area contributed by atoms with E-state index in [0.717, 1.165) is 25.0 Å². The number of carboxylic acids is 1. The molecule has 0 unspecified atom stereocenters. The first-order valence-electron chi connectivity index (χ1n) is 28.5. The fourth-order valence-electron chi connectivity index (χ4n) is 10.1. The number of carbonyl (C=O) groups excluding carboxylic acids is 7. The number of nitrogens with zero attached hydrogens (tertiary/aromatic N) is 2. The highest BCUT2D eigenvalue weighted by atomic mass is 32.2. The third-order valence-electron chi connectivity index (χ3n) is 15.0. The largest absolute Gasteiger partial charge is 0.487 e. The minimum atomic E-state index is -4.30. The monoisotopic (exact) mass is 1280 g/mol. The predicted octanol–water partition coefficient (Wildman–Crippen LogP) is 1.51. The number of Topliss-reactive ketones (excluding diaryl/α,β-unsaturated/α-hetero) is 1. The molecule has 13 N–H and O–H groups in total. The minimum absolute atomic E-state index is 0.00689. The van der Waals surface area contributed by atoms with Gasteiger partial charge in [0.2, 0.25) is 35.5 Å². The Kier molecular flexibility index (Phi) is 23.3. The van der Waals surface area contributed by atoms with E-state index in [9.17, 15) is 64.8 Å². The number of halogens is 1. The van der Waals surface area contributed by atoms with Crippen LogP contribution >= 0.6 is 0 Å². The number of ether oxygens (including phenoxy) is 3. The summed E-state index contributed by atoms with van der Waals surface area (Å²) >= 11 is 0. The third-order valence-corrected chi connectivity index (χ3v) is 18.2. The van der Waals surface area contributed by atoms with E-state index < -0.39 is 145 Å². The molecule has 0 fully saturated rings. The summed E-state index contributed by atoms with van der Waals surface area (Å²) < 4.78 is 91.7. The van der Waals surface area contributed by atoms with Gasteiger partial charge in [-0.3, -0.25) is 48.3 Å². The van der Waals surface area contributed by atoms with E-state index in [2.05, 4.69) is 46.0 Å². The lowest BCUT2D eigenvalue weighted by atomic mass is 9.88. The topological polar surface area (TPSA) is 426 Å². The molecule has 0 saturated heterocycles. The lowest BCUT2D eigenvalue weighted by Gasteiger charge is -2.29. The highest BCUT2D eigenvalue weighted by Crippen LogP contribution is 2.45. The maximum Gasteiger partial charge on any atom is 0.325 e. The van der Waals surface area contributed by atoms with Crippen molar-refractivity contribution in [3.63, 3.8) is 0 Å². The number of ketones is 1. The lowest BCUT2D eigenvalue weighted by Crippen LogP contribution is -2.63. The van der Waals surface area contributed by atoms with E-state index in [1.807, 2.05) is 27.7 Å². The summed E-state index contributed by atoms with van der Waals surface area (Å²) in [6.45, 7) is 26.1. The number of aliphatic carboxylic acids is 1. The van der Waals surface area contributed by atoms with E-state index in [-0.39, 0.29) is 42.1 Å². The number of nitrogens with one attached hydrogen (secondary N) is 8. The predicted molar refractivity (Wildman–Crippen MR) is 323 cm³/mol. The second-order valence-corrected chi connectivity index (χ2v) is 27.8. The van der Waals surface area contributed by atoms with Crippen LogP contribution in [0.2, 0.25) is 0 Å². The van der Waals surface area contributed by atoms with Gasteiger partial charge in [0.1, 0.15) is 58.5 Å². The molecule has 2 aromatic carbocycles. The summed E-state index contributed by atoms with van der Waals surface area (Å²) in [6.07, 6.45) is -1.01. The Balaban J connectivity index is 1.44. The summed E-state index contributed by atoms with van der Waals surface area (Å²) in [6, 6.07) is -7.92. The average molecular weight is 1280 g/mol. The summed E-state index contributed by atoms with van der Waals surface area (Å²) in [4.78, 5) is 115. The van der Waals surface area contributed by atoms with Gasteiger partial charge in [0, 0.05) is 37.1 Å². The van der Waals surface area contributed by atoms with Crippen molar-refractivity contribution < 1.29 is 79.0 Å². The Morgan fingerprint density at radius 1 is 0.625 bits per heavy atom. The molecule has 490 valence electrons. The first-order valence-corrected chi connectivity index (χ1v) is 31.4. The molecule has 2 aliphatic heterocycles. The van der Waals surface area contributed by atoms with Crippen LogP contribution in [0.25, 0.3) is 0 Å². The SMILES string of the molecule is CC(=O)[C@@](CCCN=C(N)NS(=O)(=O)c1c(C)c(C)c2c(c1C)CC(C)(C)O2)(NF)C(=O)N[C@@H](C)C(=O)N[C@@H](CC(=O)OC(C)(C)C)C(=O)N[C@@H](C)C(=O)N[C@@H](CCCN=C(N)NS(=O)(=O)c1c(C)c(C)c2c(c1C)CC(C)(C)O2)C(=O)N[C@@H](C)C(=O)O. The van der Waals surface area contributed by atoms with Gasteiger partial charge in [0.25, 0.3) is 26.0 Å². The van der Waals surface area contributed by atoms with E-state index in [4.69, 9.17) is 25.7 Å². The molecular formula is C57H87FN12O16S2. The van der Waals surface area contributed by atoms with Crippen LogP contribution in [0, 0.1) is 41.5 Å². The van der Waals surface area contributed by atoms with Crippen molar-refractivity contribution >= 4 is 79.2 Å². The smallest absolute Gasteiger partial charge is 0.325 e. The number of sulfonamides is 2.